The first kappa shape index (κ1) is 25.8. The smallest absolute Gasteiger partial charge is 0.407 e. The third kappa shape index (κ3) is 4.64. The quantitative estimate of drug-likeness (QED) is 0.346. The van der Waals surface area contributed by atoms with Crippen LogP contribution in [0.5, 0.6) is 5.75 Å². The van der Waals surface area contributed by atoms with Gasteiger partial charge >= 0.3 is 6.09 Å². The normalized spacial score (nSPS) is 19.1. The minimum absolute atomic E-state index is 0.0134. The number of rotatable bonds is 6. The summed E-state index contributed by atoms with van der Waals surface area (Å²) in [6.45, 7) is 6.67. The molecule has 1 fully saturated rings. The number of para-hydroxylation sites is 1. The molecule has 0 spiro atoms. The Morgan fingerprint density at radius 3 is 2.67 bits per heavy atom. The summed E-state index contributed by atoms with van der Waals surface area (Å²) >= 11 is 0. The van der Waals surface area contributed by atoms with E-state index in [2.05, 4.69) is 38.0 Å². The number of hydrogen-bond acceptors (Lipinski definition) is 9. The number of benzene rings is 1. The summed E-state index contributed by atoms with van der Waals surface area (Å²) in [5.41, 5.74) is 5.54. The number of hydrogen-bond donors (Lipinski definition) is 2. The summed E-state index contributed by atoms with van der Waals surface area (Å²) < 4.78 is 10.9. The highest BCUT2D eigenvalue weighted by Crippen LogP contribution is 2.38. The lowest BCUT2D eigenvalue weighted by molar-refractivity contribution is 0.0515. The third-order valence-electron chi connectivity index (χ3n) is 7.78. The van der Waals surface area contributed by atoms with Crippen LogP contribution in [0.3, 0.4) is 0 Å². The van der Waals surface area contributed by atoms with Crippen molar-refractivity contribution >= 4 is 28.8 Å². The predicted molar refractivity (Wildman–Crippen MR) is 150 cm³/mol. The van der Waals surface area contributed by atoms with Gasteiger partial charge in [0.15, 0.2) is 12.4 Å². The molecule has 2 atom stereocenters. The highest BCUT2D eigenvalue weighted by atomic mass is 16.7. The van der Waals surface area contributed by atoms with Crippen LogP contribution in [0.15, 0.2) is 42.7 Å². The van der Waals surface area contributed by atoms with Crippen LogP contribution < -0.4 is 14.5 Å². The molecule has 1 amide bonds. The zero-order valence-corrected chi connectivity index (χ0v) is 22.7. The number of H-pyrrole nitrogens is 1. The van der Waals surface area contributed by atoms with Crippen LogP contribution in [0, 0.1) is 0 Å². The molecule has 0 saturated carbocycles. The molecule has 2 aliphatic heterocycles. The Morgan fingerprint density at radius 1 is 1.12 bits per heavy atom. The van der Waals surface area contributed by atoms with Crippen LogP contribution >= 0.6 is 0 Å². The molecular weight excluding hydrogens is 512 g/mol. The summed E-state index contributed by atoms with van der Waals surface area (Å²) in [6, 6.07) is 9.71. The van der Waals surface area contributed by atoms with Gasteiger partial charge in [-0.25, -0.2) is 14.8 Å². The van der Waals surface area contributed by atoms with Crippen molar-refractivity contribution in [2.75, 3.05) is 49.9 Å². The van der Waals surface area contributed by atoms with Crippen molar-refractivity contribution in [3.05, 3.63) is 54.0 Å². The van der Waals surface area contributed by atoms with Crippen LogP contribution in [-0.4, -0.2) is 87.4 Å². The molecule has 40 heavy (non-hydrogen) atoms. The average Bonchev–Trinajstić information content (AvgIpc) is 3.35. The van der Waals surface area contributed by atoms with Crippen LogP contribution in [0.4, 0.5) is 16.4 Å². The molecule has 0 radical (unpaired) electrons. The molecule has 4 aromatic rings. The Morgan fingerprint density at radius 2 is 1.93 bits per heavy atom. The van der Waals surface area contributed by atoms with Gasteiger partial charge in [0.05, 0.1) is 29.8 Å². The third-order valence-corrected chi connectivity index (χ3v) is 7.78. The Balaban J connectivity index is 1.26. The topological polar surface area (TPSA) is 133 Å². The van der Waals surface area contributed by atoms with Gasteiger partial charge in [-0.2, -0.15) is 0 Å². The van der Waals surface area contributed by atoms with Crippen molar-refractivity contribution in [3.63, 3.8) is 0 Å². The first-order valence-electron chi connectivity index (χ1n) is 13.4. The maximum atomic E-state index is 11.4. The van der Waals surface area contributed by atoms with E-state index >= 15 is 0 Å². The number of carboxylic acid groups (broad SMARTS) is 1. The number of nitrogens with one attached hydrogen (secondary N) is 1. The number of piperazine rings is 1. The van der Waals surface area contributed by atoms with E-state index in [9.17, 15) is 9.90 Å². The van der Waals surface area contributed by atoms with Gasteiger partial charge in [0.25, 0.3) is 0 Å². The Kier molecular flexibility index (Phi) is 6.84. The van der Waals surface area contributed by atoms with Crippen molar-refractivity contribution in [1.29, 1.82) is 0 Å². The second-order valence-corrected chi connectivity index (χ2v) is 10.2. The van der Waals surface area contributed by atoms with E-state index in [1.54, 1.807) is 7.11 Å². The molecule has 0 bridgehead atoms. The first-order chi connectivity index (χ1) is 19.4. The highest BCUT2D eigenvalue weighted by molar-refractivity contribution is 5.86. The fourth-order valence-corrected chi connectivity index (χ4v) is 5.75. The van der Waals surface area contributed by atoms with E-state index < -0.39 is 6.09 Å². The van der Waals surface area contributed by atoms with Gasteiger partial charge in [0.1, 0.15) is 5.75 Å². The number of aromatic amines is 1. The maximum Gasteiger partial charge on any atom is 0.407 e. The van der Waals surface area contributed by atoms with E-state index in [4.69, 9.17) is 19.4 Å². The summed E-state index contributed by atoms with van der Waals surface area (Å²) in [7, 11) is 1.59. The van der Waals surface area contributed by atoms with Gasteiger partial charge in [-0.1, -0.05) is 12.1 Å². The van der Waals surface area contributed by atoms with Gasteiger partial charge in [-0.05, 0) is 32.0 Å². The highest BCUT2D eigenvalue weighted by Gasteiger charge is 2.31. The number of amides is 1. The largest absolute Gasteiger partial charge is 0.467 e. The zero-order chi connectivity index (χ0) is 27.8. The second-order valence-electron chi connectivity index (χ2n) is 10.2. The van der Waals surface area contributed by atoms with Gasteiger partial charge in [-0.3, -0.25) is 0 Å². The molecule has 1 saturated heterocycles. The lowest BCUT2D eigenvalue weighted by Gasteiger charge is -2.39. The fraction of sp³-hybridized carbons (Fsp3) is 0.393. The van der Waals surface area contributed by atoms with Gasteiger partial charge in [0, 0.05) is 68.0 Å². The number of carbonyl (C=O) groups is 1. The van der Waals surface area contributed by atoms with Crippen LogP contribution in [0.2, 0.25) is 0 Å². The fourth-order valence-electron chi connectivity index (χ4n) is 5.75. The lowest BCUT2D eigenvalue weighted by atomic mass is 9.97. The molecule has 0 unspecified atom stereocenters. The van der Waals surface area contributed by atoms with Gasteiger partial charge in [-0.15, -0.1) is 10.2 Å². The molecule has 2 N–H and O–H groups in total. The van der Waals surface area contributed by atoms with Gasteiger partial charge in [0.2, 0.25) is 5.95 Å². The molecular formula is C28H32N8O4. The molecule has 1 aromatic carbocycles. The number of anilines is 2. The van der Waals surface area contributed by atoms with Gasteiger partial charge < -0.3 is 34.3 Å². The molecule has 12 nitrogen and oxygen atoms in total. The van der Waals surface area contributed by atoms with Crippen LogP contribution in [0.25, 0.3) is 22.3 Å². The van der Waals surface area contributed by atoms with Crippen LogP contribution in [0.1, 0.15) is 31.1 Å². The Bertz CT molecular complexity index is 1520. The minimum Gasteiger partial charge on any atom is -0.467 e. The molecule has 12 heteroatoms. The Labute approximate surface area is 231 Å². The van der Waals surface area contributed by atoms with E-state index in [1.165, 1.54) is 10.5 Å². The van der Waals surface area contributed by atoms with Crippen molar-refractivity contribution in [2.45, 2.75) is 32.4 Å². The van der Waals surface area contributed by atoms with Crippen molar-refractivity contribution in [3.8, 4) is 17.0 Å². The zero-order valence-electron chi connectivity index (χ0n) is 22.7. The first-order valence-corrected chi connectivity index (χ1v) is 13.4. The summed E-state index contributed by atoms with van der Waals surface area (Å²) in [4.78, 5) is 30.2. The van der Waals surface area contributed by atoms with Crippen molar-refractivity contribution in [2.24, 2.45) is 0 Å². The Hall–Kier alpha value is -4.45. The molecule has 5 heterocycles. The number of aromatic nitrogens is 5. The summed E-state index contributed by atoms with van der Waals surface area (Å²) in [5, 5.41) is 19.4. The second kappa shape index (κ2) is 10.6. The number of methoxy groups -OCH3 is 1. The monoisotopic (exact) mass is 544 g/mol. The molecule has 3 aromatic heterocycles. The summed E-state index contributed by atoms with van der Waals surface area (Å²) in [5.74, 6) is 1.35. The lowest BCUT2D eigenvalue weighted by Crippen LogP contribution is -2.53. The van der Waals surface area contributed by atoms with Crippen molar-refractivity contribution in [1.82, 2.24) is 30.0 Å². The molecule has 208 valence electrons. The molecule has 2 aliphatic rings. The summed E-state index contributed by atoms with van der Waals surface area (Å²) in [6.07, 6.45) is 3.60. The minimum atomic E-state index is -0.878. The van der Waals surface area contributed by atoms with Crippen molar-refractivity contribution < 1.29 is 19.4 Å². The van der Waals surface area contributed by atoms with E-state index in [-0.39, 0.29) is 18.9 Å². The SMILES string of the molecule is COCOc1ccccc1-c1cc2c3c([nH]c2nn1)CCN(c1ncc(N2CCN(C(=O)O)[C@@H](C)C2)cn1)[C@@H]3C. The molecule has 0 aliphatic carbocycles. The van der Waals surface area contributed by atoms with Crippen LogP contribution in [-0.2, 0) is 11.2 Å². The van der Waals surface area contributed by atoms with E-state index in [0.29, 0.717) is 31.3 Å². The van der Waals surface area contributed by atoms with E-state index in [1.807, 2.05) is 43.6 Å². The predicted octanol–water partition coefficient (Wildman–Crippen LogP) is 3.71. The standard InChI is InChI=1S/C28H32N8O4/c1-17-15-34(10-11-35(17)28(37)38)19-13-29-27(30-14-19)36-9-8-22-25(18(36)2)21-12-23(32-33-26(21)31-22)20-6-4-5-7-24(20)40-16-39-3/h4-7,12-14,17-18H,8-11,15-16H2,1-3H3,(H,31,33)(H,37,38)/t17-,18+/m0/s1. The van der Waals surface area contributed by atoms with E-state index in [0.717, 1.165) is 46.6 Å². The maximum absolute atomic E-state index is 11.4. The number of fused-ring (bicyclic) bond motifs is 3. The number of ether oxygens (including phenoxy) is 2. The average molecular weight is 545 g/mol. The molecule has 6 rings (SSSR count). The number of nitrogens with zero attached hydrogens (tertiary/aromatic N) is 7.